The summed E-state index contributed by atoms with van der Waals surface area (Å²) in [6.07, 6.45) is -2.74. The van der Waals surface area contributed by atoms with Crippen LogP contribution in [0.4, 0.5) is 13.2 Å². The first-order valence-corrected chi connectivity index (χ1v) is 5.36. The van der Waals surface area contributed by atoms with Gasteiger partial charge in [0, 0.05) is 11.6 Å². The fourth-order valence-corrected chi connectivity index (χ4v) is 1.70. The van der Waals surface area contributed by atoms with Crippen molar-refractivity contribution >= 4 is 0 Å². The smallest absolute Gasteiger partial charge is 0.324 e. The van der Waals surface area contributed by atoms with E-state index in [1.54, 1.807) is 13.1 Å². The summed E-state index contributed by atoms with van der Waals surface area (Å²) in [7, 11) is 0. The molecule has 2 rings (SSSR count). The Bertz CT molecular complexity index is 526. The molecule has 0 amide bonds. The van der Waals surface area contributed by atoms with Crippen LogP contribution in [0.2, 0.25) is 0 Å². The lowest BCUT2D eigenvalue weighted by Gasteiger charge is -2.09. The highest BCUT2D eigenvalue weighted by atomic mass is 19.4. The minimum absolute atomic E-state index is 0.235. The van der Waals surface area contributed by atoms with Crippen molar-refractivity contribution in [3.8, 4) is 11.3 Å². The van der Waals surface area contributed by atoms with Gasteiger partial charge in [-0.3, -0.25) is 5.10 Å². The molecule has 3 N–H and O–H groups in total. The Morgan fingerprint density at radius 2 is 1.83 bits per heavy atom. The number of aromatic amines is 1. The monoisotopic (exact) mass is 255 g/mol. The van der Waals surface area contributed by atoms with E-state index in [4.69, 9.17) is 5.73 Å². The molecule has 6 heteroatoms. The Hall–Kier alpha value is -1.82. The molecule has 2 aromatic rings. The van der Waals surface area contributed by atoms with E-state index in [9.17, 15) is 13.2 Å². The topological polar surface area (TPSA) is 54.7 Å². The third kappa shape index (κ3) is 2.38. The third-order valence-corrected chi connectivity index (χ3v) is 2.66. The molecule has 0 aliphatic heterocycles. The van der Waals surface area contributed by atoms with Crippen LogP contribution in [0.3, 0.4) is 0 Å². The van der Waals surface area contributed by atoms with E-state index in [-0.39, 0.29) is 6.04 Å². The molecule has 0 spiro atoms. The molecule has 0 radical (unpaired) electrons. The van der Waals surface area contributed by atoms with E-state index in [1.165, 1.54) is 12.1 Å². The molecule has 1 heterocycles. The van der Waals surface area contributed by atoms with Gasteiger partial charge in [0.1, 0.15) is 0 Å². The highest BCUT2D eigenvalue weighted by Crippen LogP contribution is 2.31. The van der Waals surface area contributed by atoms with Gasteiger partial charge < -0.3 is 5.73 Å². The van der Waals surface area contributed by atoms with E-state index < -0.39 is 11.7 Å². The van der Waals surface area contributed by atoms with Gasteiger partial charge in [0.05, 0.1) is 17.5 Å². The van der Waals surface area contributed by atoms with Gasteiger partial charge in [-0.05, 0) is 24.6 Å². The summed E-state index contributed by atoms with van der Waals surface area (Å²) in [6, 6.07) is 4.66. The fourth-order valence-electron chi connectivity index (χ4n) is 1.70. The van der Waals surface area contributed by atoms with Gasteiger partial charge >= 0.3 is 6.18 Å². The number of hydrogen-bond donors (Lipinski definition) is 2. The van der Waals surface area contributed by atoms with Crippen molar-refractivity contribution in [1.82, 2.24) is 10.2 Å². The van der Waals surface area contributed by atoms with E-state index in [2.05, 4.69) is 10.2 Å². The molecule has 1 aromatic carbocycles. The van der Waals surface area contributed by atoms with Crippen LogP contribution in [0.1, 0.15) is 24.1 Å². The fraction of sp³-hybridized carbons (Fsp3) is 0.250. The summed E-state index contributed by atoms with van der Waals surface area (Å²) in [6.45, 7) is 1.79. The van der Waals surface area contributed by atoms with Crippen molar-refractivity contribution in [2.75, 3.05) is 0 Å². The standard InChI is InChI=1S/C12H12F3N3/c1-7(16)10-6-17-18-11(10)8-2-4-9(5-3-8)12(13,14)15/h2-7H,16H2,1H3,(H,17,18). The van der Waals surface area contributed by atoms with Crippen LogP contribution in [0.5, 0.6) is 0 Å². The molecular formula is C12H12F3N3. The number of nitrogens with zero attached hydrogens (tertiary/aromatic N) is 1. The van der Waals surface area contributed by atoms with Crippen LogP contribution in [-0.4, -0.2) is 10.2 Å². The minimum atomic E-state index is -4.32. The lowest BCUT2D eigenvalue weighted by molar-refractivity contribution is -0.137. The van der Waals surface area contributed by atoms with Crippen molar-refractivity contribution in [1.29, 1.82) is 0 Å². The van der Waals surface area contributed by atoms with Crippen LogP contribution in [0, 0.1) is 0 Å². The number of benzene rings is 1. The molecule has 0 bridgehead atoms. The number of rotatable bonds is 2. The van der Waals surface area contributed by atoms with Gasteiger partial charge in [-0.2, -0.15) is 18.3 Å². The SMILES string of the molecule is CC(N)c1cn[nH]c1-c1ccc(C(F)(F)F)cc1. The molecule has 96 valence electrons. The van der Waals surface area contributed by atoms with Gasteiger partial charge in [0.2, 0.25) is 0 Å². The van der Waals surface area contributed by atoms with Crippen LogP contribution >= 0.6 is 0 Å². The predicted octanol–water partition coefficient (Wildman–Crippen LogP) is 3.12. The van der Waals surface area contributed by atoms with Crippen LogP contribution in [0.25, 0.3) is 11.3 Å². The van der Waals surface area contributed by atoms with Crippen molar-refractivity contribution in [2.45, 2.75) is 19.1 Å². The molecule has 3 nitrogen and oxygen atoms in total. The molecule has 18 heavy (non-hydrogen) atoms. The molecule has 1 atom stereocenters. The van der Waals surface area contributed by atoms with E-state index >= 15 is 0 Å². The van der Waals surface area contributed by atoms with Crippen LogP contribution < -0.4 is 5.73 Å². The number of hydrogen-bond acceptors (Lipinski definition) is 2. The molecule has 0 fully saturated rings. The molecule has 0 aliphatic rings. The second-order valence-corrected chi connectivity index (χ2v) is 4.06. The summed E-state index contributed by atoms with van der Waals surface area (Å²) < 4.78 is 37.3. The quantitative estimate of drug-likeness (QED) is 0.866. The first-order chi connectivity index (χ1) is 8.39. The minimum Gasteiger partial charge on any atom is -0.324 e. The Kier molecular flexibility index (Phi) is 3.13. The van der Waals surface area contributed by atoms with E-state index in [1.807, 2.05) is 0 Å². The average Bonchev–Trinajstić information content (AvgIpc) is 2.77. The maximum atomic E-state index is 12.4. The van der Waals surface area contributed by atoms with Gasteiger partial charge in [-0.1, -0.05) is 12.1 Å². The number of H-pyrrole nitrogens is 1. The lowest BCUT2D eigenvalue weighted by atomic mass is 10.0. The van der Waals surface area contributed by atoms with Crippen molar-refractivity contribution in [2.24, 2.45) is 5.73 Å². The second-order valence-electron chi connectivity index (χ2n) is 4.06. The molecule has 0 saturated carbocycles. The maximum absolute atomic E-state index is 12.4. The summed E-state index contributed by atoms with van der Waals surface area (Å²) in [4.78, 5) is 0. The Labute approximate surface area is 102 Å². The van der Waals surface area contributed by atoms with Crippen molar-refractivity contribution < 1.29 is 13.2 Å². The van der Waals surface area contributed by atoms with Gasteiger partial charge in [0.25, 0.3) is 0 Å². The maximum Gasteiger partial charge on any atom is 0.416 e. The van der Waals surface area contributed by atoms with Crippen molar-refractivity contribution in [3.63, 3.8) is 0 Å². The number of nitrogens with one attached hydrogen (secondary N) is 1. The van der Waals surface area contributed by atoms with Gasteiger partial charge in [-0.15, -0.1) is 0 Å². The highest BCUT2D eigenvalue weighted by Gasteiger charge is 2.30. The molecule has 1 aromatic heterocycles. The first kappa shape index (κ1) is 12.6. The zero-order chi connectivity index (χ0) is 13.3. The summed E-state index contributed by atoms with van der Waals surface area (Å²) in [5.41, 5.74) is 7.14. The van der Waals surface area contributed by atoms with Crippen LogP contribution in [-0.2, 0) is 6.18 Å². The number of nitrogens with two attached hydrogens (primary N) is 1. The largest absolute Gasteiger partial charge is 0.416 e. The predicted molar refractivity (Wildman–Crippen MR) is 61.6 cm³/mol. The van der Waals surface area contributed by atoms with Gasteiger partial charge in [-0.25, -0.2) is 0 Å². The number of halogens is 3. The number of aromatic nitrogens is 2. The number of alkyl halides is 3. The molecular weight excluding hydrogens is 243 g/mol. The third-order valence-electron chi connectivity index (χ3n) is 2.66. The Morgan fingerprint density at radius 3 is 2.33 bits per heavy atom. The lowest BCUT2D eigenvalue weighted by Crippen LogP contribution is -2.06. The van der Waals surface area contributed by atoms with E-state index in [0.717, 1.165) is 17.7 Å². The molecule has 1 unspecified atom stereocenters. The second kappa shape index (κ2) is 4.45. The zero-order valence-corrected chi connectivity index (χ0v) is 9.62. The van der Waals surface area contributed by atoms with Crippen LogP contribution in [0.15, 0.2) is 30.5 Å². The summed E-state index contributed by atoms with van der Waals surface area (Å²) in [5, 5.41) is 6.61. The van der Waals surface area contributed by atoms with Gasteiger partial charge in [0.15, 0.2) is 0 Å². The molecule has 0 aliphatic carbocycles. The Balaban J connectivity index is 2.38. The highest BCUT2D eigenvalue weighted by molar-refractivity contribution is 5.63. The summed E-state index contributed by atoms with van der Waals surface area (Å²) >= 11 is 0. The normalized spacial score (nSPS) is 13.6. The van der Waals surface area contributed by atoms with Crippen molar-refractivity contribution in [3.05, 3.63) is 41.6 Å². The first-order valence-electron chi connectivity index (χ1n) is 5.36. The Morgan fingerprint density at radius 1 is 1.22 bits per heavy atom. The zero-order valence-electron chi connectivity index (χ0n) is 9.62. The average molecular weight is 255 g/mol. The summed E-state index contributed by atoms with van der Waals surface area (Å²) in [5.74, 6) is 0. The molecule has 0 saturated heterocycles. The van der Waals surface area contributed by atoms with E-state index in [0.29, 0.717) is 11.3 Å².